The number of aromatic nitrogens is 4. The summed E-state index contributed by atoms with van der Waals surface area (Å²) in [5.74, 6) is 3.73. The van der Waals surface area contributed by atoms with Gasteiger partial charge in [-0.2, -0.15) is 9.61 Å². The van der Waals surface area contributed by atoms with Gasteiger partial charge in [0.15, 0.2) is 5.82 Å². The minimum Gasteiger partial charge on any atom is -0.187 e. The first-order valence-corrected chi connectivity index (χ1v) is 10.8. The van der Waals surface area contributed by atoms with Crippen LogP contribution in [0.5, 0.6) is 0 Å². The van der Waals surface area contributed by atoms with Crippen molar-refractivity contribution in [2.24, 2.45) is 17.8 Å². The van der Waals surface area contributed by atoms with Crippen LogP contribution in [-0.2, 0) is 11.8 Å². The first-order valence-electron chi connectivity index (χ1n) is 9.63. The summed E-state index contributed by atoms with van der Waals surface area (Å²) in [6.45, 7) is 0. The molecule has 3 aromatic rings. The summed E-state index contributed by atoms with van der Waals surface area (Å²) in [5, 5.41) is 16.0. The van der Waals surface area contributed by atoms with Crippen molar-refractivity contribution in [1.82, 2.24) is 19.8 Å². The number of benzene rings is 1. The zero-order valence-electron chi connectivity index (χ0n) is 14.6. The summed E-state index contributed by atoms with van der Waals surface area (Å²) in [5.41, 5.74) is 1.52. The fourth-order valence-electron chi connectivity index (χ4n) is 6.14. The Kier molecular flexibility index (Phi) is 3.31. The van der Waals surface area contributed by atoms with Gasteiger partial charge in [0.2, 0.25) is 4.96 Å². The minimum atomic E-state index is 0.331. The fraction of sp³-hybridized carbons (Fsp3) is 0.550. The third kappa shape index (κ3) is 2.36. The van der Waals surface area contributed by atoms with Gasteiger partial charge in [-0.25, -0.2) is 0 Å². The van der Waals surface area contributed by atoms with Gasteiger partial charge in [0.25, 0.3) is 0 Å². The standard InChI is InChI=1S/C20H21ClN4S/c21-16-3-1-12(2-4-16)8-17-22-23-19-25(17)24-18(26-19)20-9-13-5-14(10-20)7-15(6-13)11-20/h1-4,13-15H,5-11H2. The first-order chi connectivity index (χ1) is 12.7. The summed E-state index contributed by atoms with van der Waals surface area (Å²) in [6, 6.07) is 7.96. The second kappa shape index (κ2) is 5.52. The van der Waals surface area contributed by atoms with Crippen LogP contribution in [0.3, 0.4) is 0 Å². The molecule has 0 aliphatic heterocycles. The summed E-state index contributed by atoms with van der Waals surface area (Å²) < 4.78 is 1.99. The normalized spacial score (nSPS) is 32.6. The van der Waals surface area contributed by atoms with Gasteiger partial charge in [0.05, 0.1) is 0 Å². The van der Waals surface area contributed by atoms with E-state index in [1.54, 1.807) is 11.3 Å². The van der Waals surface area contributed by atoms with Crippen LogP contribution in [0, 0.1) is 17.8 Å². The van der Waals surface area contributed by atoms with Crippen LogP contribution in [0.2, 0.25) is 5.02 Å². The van der Waals surface area contributed by atoms with Gasteiger partial charge in [-0.3, -0.25) is 0 Å². The van der Waals surface area contributed by atoms with Crippen molar-refractivity contribution in [2.45, 2.75) is 50.4 Å². The molecular formula is C20H21ClN4S. The smallest absolute Gasteiger partial charge is 0.187 e. The SMILES string of the molecule is Clc1ccc(Cc2nnc3sc(C45CC6CC(CC(C6)C4)C5)nn23)cc1. The Bertz CT molecular complexity index is 938. The Balaban J connectivity index is 1.36. The van der Waals surface area contributed by atoms with Crippen molar-refractivity contribution >= 4 is 27.9 Å². The molecule has 0 spiro atoms. The molecule has 4 bridgehead atoms. The molecule has 4 aliphatic rings. The molecule has 0 amide bonds. The lowest BCUT2D eigenvalue weighted by Crippen LogP contribution is -2.48. The molecule has 4 fully saturated rings. The molecule has 134 valence electrons. The van der Waals surface area contributed by atoms with Gasteiger partial charge in [-0.15, -0.1) is 10.2 Å². The molecule has 4 nitrogen and oxygen atoms in total. The van der Waals surface area contributed by atoms with Gasteiger partial charge in [0.1, 0.15) is 5.01 Å². The number of nitrogens with zero attached hydrogens (tertiary/aromatic N) is 4. The molecule has 2 aromatic heterocycles. The molecule has 6 heteroatoms. The van der Waals surface area contributed by atoms with E-state index >= 15 is 0 Å². The molecular weight excluding hydrogens is 364 g/mol. The van der Waals surface area contributed by atoms with Crippen molar-refractivity contribution in [2.75, 3.05) is 0 Å². The Labute approximate surface area is 161 Å². The molecule has 0 atom stereocenters. The van der Waals surface area contributed by atoms with Crippen molar-refractivity contribution in [3.63, 3.8) is 0 Å². The molecule has 0 unspecified atom stereocenters. The van der Waals surface area contributed by atoms with Crippen LogP contribution in [-0.4, -0.2) is 19.8 Å². The maximum Gasteiger partial charge on any atom is 0.234 e. The van der Waals surface area contributed by atoms with Gasteiger partial charge in [-0.1, -0.05) is 35.1 Å². The van der Waals surface area contributed by atoms with Crippen molar-refractivity contribution in [1.29, 1.82) is 0 Å². The molecule has 7 rings (SSSR count). The van der Waals surface area contributed by atoms with E-state index in [4.69, 9.17) is 16.7 Å². The van der Waals surface area contributed by atoms with E-state index in [9.17, 15) is 0 Å². The van der Waals surface area contributed by atoms with Crippen LogP contribution in [0.25, 0.3) is 4.96 Å². The van der Waals surface area contributed by atoms with E-state index in [0.29, 0.717) is 5.41 Å². The van der Waals surface area contributed by atoms with E-state index in [1.165, 1.54) is 49.1 Å². The molecule has 2 heterocycles. The molecule has 4 aliphatic carbocycles. The number of rotatable bonds is 3. The molecule has 1 aromatic carbocycles. The first kappa shape index (κ1) is 15.6. The van der Waals surface area contributed by atoms with Crippen molar-refractivity contribution < 1.29 is 0 Å². The second-order valence-corrected chi connectivity index (χ2v) is 10.1. The third-order valence-corrected chi connectivity index (χ3v) is 8.22. The number of hydrogen-bond donors (Lipinski definition) is 0. The van der Waals surface area contributed by atoms with Crippen LogP contribution in [0.4, 0.5) is 0 Å². The highest BCUT2D eigenvalue weighted by Crippen LogP contribution is 2.61. The predicted molar refractivity (Wildman–Crippen MR) is 103 cm³/mol. The van der Waals surface area contributed by atoms with Gasteiger partial charge in [0, 0.05) is 16.9 Å². The lowest BCUT2D eigenvalue weighted by molar-refractivity contribution is -0.00567. The summed E-state index contributed by atoms with van der Waals surface area (Å²) in [4.78, 5) is 0.944. The Morgan fingerprint density at radius 2 is 1.65 bits per heavy atom. The van der Waals surface area contributed by atoms with Crippen molar-refractivity contribution in [3.8, 4) is 0 Å². The largest absolute Gasteiger partial charge is 0.234 e. The minimum absolute atomic E-state index is 0.331. The van der Waals surface area contributed by atoms with Gasteiger partial charge < -0.3 is 0 Å². The van der Waals surface area contributed by atoms with Gasteiger partial charge >= 0.3 is 0 Å². The quantitative estimate of drug-likeness (QED) is 0.645. The third-order valence-electron chi connectivity index (χ3n) is 6.82. The van der Waals surface area contributed by atoms with Crippen LogP contribution in [0.15, 0.2) is 24.3 Å². The molecule has 4 saturated carbocycles. The average molecular weight is 385 g/mol. The van der Waals surface area contributed by atoms with Gasteiger partial charge in [-0.05, 0) is 74.0 Å². The zero-order valence-corrected chi connectivity index (χ0v) is 16.1. The molecule has 0 radical (unpaired) electrons. The van der Waals surface area contributed by atoms with Crippen LogP contribution < -0.4 is 0 Å². The highest BCUT2D eigenvalue weighted by atomic mass is 35.5. The maximum atomic E-state index is 6.00. The second-order valence-electron chi connectivity index (χ2n) is 8.72. The highest BCUT2D eigenvalue weighted by Gasteiger charge is 2.53. The zero-order chi connectivity index (χ0) is 17.3. The summed E-state index contributed by atoms with van der Waals surface area (Å²) >= 11 is 7.77. The Morgan fingerprint density at radius 1 is 1.00 bits per heavy atom. The van der Waals surface area contributed by atoms with Crippen LogP contribution in [0.1, 0.15) is 54.9 Å². The fourth-order valence-corrected chi connectivity index (χ4v) is 7.34. The summed E-state index contributed by atoms with van der Waals surface area (Å²) in [6.07, 6.45) is 9.16. The lowest BCUT2D eigenvalue weighted by atomic mass is 9.50. The van der Waals surface area contributed by atoms with Crippen molar-refractivity contribution in [3.05, 3.63) is 45.7 Å². The molecule has 0 saturated heterocycles. The van der Waals surface area contributed by atoms with E-state index in [0.717, 1.165) is 40.0 Å². The number of hydrogen-bond acceptors (Lipinski definition) is 4. The lowest BCUT2D eigenvalue weighted by Gasteiger charge is -2.55. The Hall–Kier alpha value is -1.46. The maximum absolute atomic E-state index is 6.00. The van der Waals surface area contributed by atoms with Crippen LogP contribution >= 0.6 is 22.9 Å². The average Bonchev–Trinajstić information content (AvgIpc) is 3.18. The van der Waals surface area contributed by atoms with E-state index < -0.39 is 0 Å². The monoisotopic (exact) mass is 384 g/mol. The molecule has 0 N–H and O–H groups in total. The van der Waals surface area contributed by atoms with E-state index in [2.05, 4.69) is 22.3 Å². The van der Waals surface area contributed by atoms with E-state index in [-0.39, 0.29) is 0 Å². The number of fused-ring (bicyclic) bond motifs is 1. The highest BCUT2D eigenvalue weighted by molar-refractivity contribution is 7.16. The summed E-state index contributed by atoms with van der Waals surface area (Å²) in [7, 11) is 0. The van der Waals surface area contributed by atoms with E-state index in [1.807, 2.05) is 16.6 Å². The predicted octanol–water partition coefficient (Wildman–Crippen LogP) is 4.90. The Morgan fingerprint density at radius 3 is 2.31 bits per heavy atom. The topological polar surface area (TPSA) is 43.1 Å². The number of halogens is 1. The molecule has 26 heavy (non-hydrogen) atoms.